The van der Waals surface area contributed by atoms with Crippen molar-refractivity contribution in [1.82, 2.24) is 25.2 Å². The Morgan fingerprint density at radius 3 is 2.40 bits per heavy atom. The Kier molecular flexibility index (Phi) is 13.7. The van der Waals surface area contributed by atoms with Crippen molar-refractivity contribution in [2.45, 2.75) is 74.3 Å². The van der Waals surface area contributed by atoms with E-state index in [-0.39, 0.29) is 48.1 Å². The fourth-order valence-electron chi connectivity index (χ4n) is 7.04. The van der Waals surface area contributed by atoms with Gasteiger partial charge in [0.2, 0.25) is 5.91 Å². The first-order valence-electron chi connectivity index (χ1n) is 19.8. The lowest BCUT2D eigenvalue weighted by Gasteiger charge is -2.26. The average Bonchev–Trinajstić information content (AvgIpc) is 3.71. The summed E-state index contributed by atoms with van der Waals surface area (Å²) in [5.41, 5.74) is 5.89. The van der Waals surface area contributed by atoms with Crippen molar-refractivity contribution >= 4 is 62.1 Å². The minimum atomic E-state index is -4.93. The van der Waals surface area contributed by atoms with Crippen molar-refractivity contribution in [3.63, 3.8) is 0 Å². The fraction of sp³-hybridized carbons (Fsp3) is 0.364. The number of halogens is 1. The van der Waals surface area contributed by atoms with E-state index in [1.165, 1.54) is 18.2 Å². The largest absolute Gasteiger partial charge is 0.497 e. The van der Waals surface area contributed by atoms with Crippen LogP contribution in [0.1, 0.15) is 50.4 Å². The number of carbonyl (C=O) groups is 5. The van der Waals surface area contributed by atoms with Crippen LogP contribution in [0.3, 0.4) is 0 Å². The molecule has 2 fully saturated rings. The Hall–Kier alpha value is -5.88. The van der Waals surface area contributed by atoms with Gasteiger partial charge in [-0.05, 0) is 70.0 Å². The Bertz CT molecular complexity index is 2480. The molecular formula is C44H49ClN6O10S. The van der Waals surface area contributed by atoms with Gasteiger partial charge in [-0.2, -0.15) is 4.31 Å². The zero-order chi connectivity index (χ0) is 45.0. The molecule has 2 aliphatic rings. The molecule has 5 N–H and O–H groups in total. The summed E-state index contributed by atoms with van der Waals surface area (Å²) in [5, 5.41) is 8.76. The fourth-order valence-corrected chi connectivity index (χ4v) is 8.58. The molecule has 0 spiro atoms. The number of alkyl carbamates (subject to hydrolysis) is 1. The number of sulfonamides is 1. The number of nitrogens with two attached hydrogens (primary N) is 1. The zero-order valence-electron chi connectivity index (χ0n) is 34.7. The number of alkyl halides is 1. The number of nitrogens with one attached hydrogen (secondary N) is 3. The van der Waals surface area contributed by atoms with Crippen LogP contribution in [0.25, 0.3) is 22.2 Å². The number of aromatic nitrogens is 1. The van der Waals surface area contributed by atoms with Crippen LogP contribution >= 0.6 is 11.6 Å². The van der Waals surface area contributed by atoms with E-state index in [0.717, 1.165) is 17.7 Å². The van der Waals surface area contributed by atoms with E-state index in [0.29, 0.717) is 28.1 Å². The Balaban J connectivity index is 1.25. The maximum atomic E-state index is 14.4. The van der Waals surface area contributed by atoms with Gasteiger partial charge in [0, 0.05) is 54.1 Å². The first-order valence-corrected chi connectivity index (χ1v) is 21.8. The molecule has 6 rings (SSSR count). The molecular weight excluding hydrogens is 840 g/mol. The van der Waals surface area contributed by atoms with Crippen molar-refractivity contribution in [2.75, 3.05) is 26.1 Å². The predicted octanol–water partition coefficient (Wildman–Crippen LogP) is 4.49. The van der Waals surface area contributed by atoms with Gasteiger partial charge in [-0.15, -0.1) is 18.2 Å². The third kappa shape index (κ3) is 10.2. The zero-order valence-corrected chi connectivity index (χ0v) is 36.3. The van der Waals surface area contributed by atoms with Gasteiger partial charge in [-0.1, -0.05) is 36.4 Å². The Labute approximate surface area is 364 Å². The van der Waals surface area contributed by atoms with Crippen molar-refractivity contribution < 1.29 is 46.6 Å². The number of amides is 4. The molecule has 0 radical (unpaired) electrons. The van der Waals surface area contributed by atoms with E-state index < -0.39 is 79.8 Å². The van der Waals surface area contributed by atoms with Gasteiger partial charge in [-0.25, -0.2) is 18.2 Å². The molecule has 2 heterocycles. The normalized spacial score (nSPS) is 20.1. The quantitative estimate of drug-likeness (QED) is 0.0528. The number of fused-ring (bicyclic) bond motifs is 1. The summed E-state index contributed by atoms with van der Waals surface area (Å²) >= 11 is 5.57. The smallest absolute Gasteiger partial charge is 0.408 e. The number of imide groups is 1. The first-order chi connectivity index (χ1) is 29.4. The van der Waals surface area contributed by atoms with Gasteiger partial charge >= 0.3 is 6.09 Å². The minimum Gasteiger partial charge on any atom is -0.497 e. The molecule has 3 aromatic carbocycles. The van der Waals surface area contributed by atoms with Gasteiger partial charge in [0.05, 0.1) is 35.3 Å². The highest BCUT2D eigenvalue weighted by molar-refractivity contribution is 7.90. The topological polar surface area (TPSA) is 225 Å². The van der Waals surface area contributed by atoms with Crippen LogP contribution in [0.4, 0.5) is 4.79 Å². The minimum absolute atomic E-state index is 0.00788. The highest BCUT2D eigenvalue weighted by Crippen LogP contribution is 2.44. The summed E-state index contributed by atoms with van der Waals surface area (Å²) in [5.74, 6) is -3.11. The van der Waals surface area contributed by atoms with E-state index in [9.17, 15) is 32.4 Å². The molecule has 4 aromatic rings. The number of pyridine rings is 1. The third-order valence-corrected chi connectivity index (χ3v) is 12.4. The molecule has 16 nitrogen and oxygen atoms in total. The maximum absolute atomic E-state index is 14.4. The molecule has 62 heavy (non-hydrogen) atoms. The van der Waals surface area contributed by atoms with Gasteiger partial charge in [0.15, 0.2) is 5.78 Å². The Morgan fingerprint density at radius 1 is 1.06 bits per heavy atom. The number of methoxy groups -OCH3 is 1. The summed E-state index contributed by atoms with van der Waals surface area (Å²) in [7, 11) is -3.38. The van der Waals surface area contributed by atoms with E-state index in [1.807, 2.05) is 36.4 Å². The predicted molar refractivity (Wildman–Crippen MR) is 231 cm³/mol. The van der Waals surface area contributed by atoms with Gasteiger partial charge in [0.1, 0.15) is 34.6 Å². The lowest BCUT2D eigenvalue weighted by molar-refractivity contribution is -0.141. The highest BCUT2D eigenvalue weighted by atomic mass is 35.5. The molecule has 18 heteroatoms. The van der Waals surface area contributed by atoms with Crippen molar-refractivity contribution in [3.05, 3.63) is 97.1 Å². The van der Waals surface area contributed by atoms with Crippen LogP contribution in [-0.4, -0.2) is 103 Å². The summed E-state index contributed by atoms with van der Waals surface area (Å²) in [6.45, 7) is 8.74. The molecule has 1 aliphatic heterocycles. The number of ether oxygens (including phenoxy) is 3. The number of nitrogens with zero attached hydrogens (tertiary/aromatic N) is 2. The van der Waals surface area contributed by atoms with Crippen molar-refractivity contribution in [3.8, 4) is 22.8 Å². The van der Waals surface area contributed by atoms with Crippen molar-refractivity contribution in [2.24, 2.45) is 11.7 Å². The number of carbonyl (C=O) groups excluding carboxylic acids is 5. The number of hydrogen-bond acceptors (Lipinski definition) is 13. The third-order valence-electron chi connectivity index (χ3n) is 10.4. The van der Waals surface area contributed by atoms with Crippen LogP contribution in [0.2, 0.25) is 0 Å². The molecule has 5 atom stereocenters. The van der Waals surface area contributed by atoms with Gasteiger partial charge in [0.25, 0.3) is 21.8 Å². The molecule has 1 saturated heterocycles. The van der Waals surface area contributed by atoms with E-state index in [2.05, 4.69) is 22.5 Å². The molecule has 1 aliphatic carbocycles. The van der Waals surface area contributed by atoms with Crippen LogP contribution in [-0.2, 0) is 29.1 Å². The number of Topliss-reactive ketones (excluding diaryl/α,β-unsaturated/α-hetero) is 1. The number of rotatable bonds is 16. The number of benzene rings is 3. The first kappa shape index (κ1) is 45.6. The molecule has 1 aromatic heterocycles. The summed E-state index contributed by atoms with van der Waals surface area (Å²) in [6, 6.07) is 18.8. The lowest BCUT2D eigenvalue weighted by atomic mass is 10.0. The monoisotopic (exact) mass is 888 g/mol. The Morgan fingerprint density at radius 2 is 1.77 bits per heavy atom. The van der Waals surface area contributed by atoms with Gasteiger partial charge in [-0.3, -0.25) is 19.2 Å². The second-order valence-electron chi connectivity index (χ2n) is 16.1. The lowest BCUT2D eigenvalue weighted by Crippen LogP contribution is -2.56. The van der Waals surface area contributed by atoms with Crippen LogP contribution < -0.4 is 31.2 Å². The van der Waals surface area contributed by atoms with Crippen LogP contribution in [0, 0.1) is 5.92 Å². The summed E-state index contributed by atoms with van der Waals surface area (Å²) in [4.78, 5) is 71.0. The number of hydrogen-bond donors (Lipinski definition) is 4. The second kappa shape index (κ2) is 18.6. The van der Waals surface area contributed by atoms with E-state index >= 15 is 0 Å². The van der Waals surface area contributed by atoms with Gasteiger partial charge < -0.3 is 35.9 Å². The van der Waals surface area contributed by atoms with Crippen LogP contribution in [0.15, 0.2) is 96.4 Å². The van der Waals surface area contributed by atoms with E-state index in [4.69, 9.17) is 36.5 Å². The molecule has 328 valence electrons. The SMILES string of the molecule is C=C[C@@H]1C[C@]1(N)C(=O)N(C(=O)[C@@H]1C[C@@H](Oc2cc(-c3ccccc3)nc3cc(OC)ccc23)CN1)S(=O)(=O)c1ccc(C(=O)C(CCNC(=O)CCl)NC(=O)OC(C)(C)C)cc1. The summed E-state index contributed by atoms with van der Waals surface area (Å²) < 4.78 is 46.3. The molecule has 0 bridgehead atoms. The highest BCUT2D eigenvalue weighted by Gasteiger charge is 2.60. The van der Waals surface area contributed by atoms with Crippen molar-refractivity contribution in [1.29, 1.82) is 0 Å². The second-order valence-corrected chi connectivity index (χ2v) is 18.1. The number of ketones is 1. The maximum Gasteiger partial charge on any atom is 0.408 e. The van der Waals surface area contributed by atoms with E-state index in [1.54, 1.807) is 46.1 Å². The molecule has 1 saturated carbocycles. The molecule has 1 unspecified atom stereocenters. The standard InChI is InChI=1S/C44H49ClN6O10S/c1-6-28-23-44(28,46)41(55)51(62(57,58)31-15-12-27(13-16-31)39(53)33(18-19-47-38(52)24-45)50-42(56)61-43(2,3)4)40(54)36-21-30(25-48-36)60-37-22-34(26-10-8-7-9-11-26)49-35-20-29(59-5)14-17-32(35)37/h6-17,20,22,28,30,33,36,48H,1,18-19,21,23-25,46H2,2-5H3,(H,47,52)(H,50,56)/t28-,30-,33?,36+,44-/m1/s1. The summed E-state index contributed by atoms with van der Waals surface area (Å²) in [6.07, 6.45) is -0.0740. The molecule has 4 amide bonds. The van der Waals surface area contributed by atoms with Crippen LogP contribution in [0.5, 0.6) is 11.5 Å². The average molecular weight is 889 g/mol.